The van der Waals surface area contributed by atoms with E-state index in [0.29, 0.717) is 12.8 Å². The molecule has 0 saturated heterocycles. The van der Waals surface area contributed by atoms with Gasteiger partial charge in [0.25, 0.3) is 0 Å². The highest BCUT2D eigenvalue weighted by molar-refractivity contribution is 5.93. The zero-order chi connectivity index (χ0) is 15.3. The smallest absolute Gasteiger partial charge is 0.316 e. The molecule has 0 aliphatic heterocycles. The molecule has 0 heterocycles. The molecule has 0 bridgehead atoms. The van der Waals surface area contributed by atoms with E-state index in [-0.39, 0.29) is 23.1 Å². The summed E-state index contributed by atoms with van der Waals surface area (Å²) < 4.78 is 4.89. The van der Waals surface area contributed by atoms with Crippen LogP contribution in [0.1, 0.15) is 32.6 Å². The van der Waals surface area contributed by atoms with E-state index in [2.05, 4.69) is 6.58 Å². The van der Waals surface area contributed by atoms with Crippen LogP contribution in [-0.4, -0.2) is 63.7 Å². The van der Waals surface area contributed by atoms with Gasteiger partial charge in [0.15, 0.2) is 11.9 Å². The predicted octanol–water partition coefficient (Wildman–Crippen LogP) is 0.0105. The summed E-state index contributed by atoms with van der Waals surface area (Å²) in [6.45, 7) is 4.27. The lowest BCUT2D eigenvalue weighted by molar-refractivity contribution is -0.169. The van der Waals surface area contributed by atoms with Gasteiger partial charge in [0.05, 0.1) is 11.3 Å². The Labute approximate surface area is 139 Å². The van der Waals surface area contributed by atoms with Gasteiger partial charge in [-0.3, -0.25) is 14.4 Å². The van der Waals surface area contributed by atoms with Crippen molar-refractivity contribution in [3.05, 3.63) is 12.7 Å². The van der Waals surface area contributed by atoms with Crippen molar-refractivity contribution in [2.45, 2.75) is 38.7 Å². The van der Waals surface area contributed by atoms with Crippen molar-refractivity contribution in [1.82, 2.24) is 0 Å². The molecule has 6 nitrogen and oxygen atoms in total. The number of ketones is 1. The van der Waals surface area contributed by atoms with Crippen molar-refractivity contribution < 1.29 is 29.3 Å². The van der Waals surface area contributed by atoms with Crippen LogP contribution in [-0.2, 0) is 19.1 Å². The van der Waals surface area contributed by atoms with Crippen molar-refractivity contribution in [2.24, 2.45) is 11.3 Å². The van der Waals surface area contributed by atoms with Crippen molar-refractivity contribution in [1.29, 1.82) is 0 Å². The molecule has 2 N–H and O–H groups in total. The molecule has 0 amide bonds. The molecule has 21 heavy (non-hydrogen) atoms. The Balaban J connectivity index is 0.00000400. The normalized spacial score (nSPS) is 26.1. The van der Waals surface area contributed by atoms with E-state index in [4.69, 9.17) is 4.74 Å². The van der Waals surface area contributed by atoms with Crippen molar-refractivity contribution >= 4 is 40.8 Å². The Hall–Kier alpha value is -0.924. The average Bonchev–Trinajstić information content (AvgIpc) is 2.43. The monoisotopic (exact) mass is 310 g/mol. The first-order valence-corrected chi connectivity index (χ1v) is 6.57. The van der Waals surface area contributed by atoms with Crippen LogP contribution in [0.3, 0.4) is 0 Å². The molecule has 116 valence electrons. The fourth-order valence-electron chi connectivity index (χ4n) is 2.45. The van der Waals surface area contributed by atoms with Gasteiger partial charge in [-0.25, -0.2) is 0 Å². The predicted molar refractivity (Wildman–Crippen MR) is 78.4 cm³/mol. The Morgan fingerprint density at radius 2 is 2.05 bits per heavy atom. The standard InChI is InChI=1S/C14H20O6.Mg.2H/c1-3-10(15)11(16)8-20-12(17)9-6-4-5-7-14(9,2)13(18)19;;;/h3,9,11,16H,1,4-8H2,2H3,(H,18,19);;;. The van der Waals surface area contributed by atoms with Gasteiger partial charge >= 0.3 is 35.0 Å². The number of carbonyl (C=O) groups excluding carboxylic acids is 2. The van der Waals surface area contributed by atoms with Gasteiger partial charge in [-0.1, -0.05) is 19.4 Å². The minimum atomic E-state index is -1.45. The maximum absolute atomic E-state index is 12.0. The van der Waals surface area contributed by atoms with E-state index in [0.717, 1.165) is 18.9 Å². The molecule has 3 unspecified atom stereocenters. The second-order valence-electron chi connectivity index (χ2n) is 5.27. The molecule has 0 spiro atoms. The van der Waals surface area contributed by atoms with Crippen molar-refractivity contribution in [3.63, 3.8) is 0 Å². The second-order valence-corrected chi connectivity index (χ2v) is 5.27. The molecule has 1 aliphatic carbocycles. The summed E-state index contributed by atoms with van der Waals surface area (Å²) in [5.41, 5.74) is -1.15. The lowest BCUT2D eigenvalue weighted by Crippen LogP contribution is -2.44. The zero-order valence-corrected chi connectivity index (χ0v) is 11.5. The maximum atomic E-state index is 12.0. The Kier molecular flexibility index (Phi) is 8.13. The molecule has 1 saturated carbocycles. The summed E-state index contributed by atoms with van der Waals surface area (Å²) >= 11 is 0. The molecular weight excluding hydrogens is 288 g/mol. The van der Waals surface area contributed by atoms with Gasteiger partial charge in [-0.15, -0.1) is 0 Å². The molecule has 0 aromatic heterocycles. The number of rotatable bonds is 6. The van der Waals surface area contributed by atoms with Crippen molar-refractivity contribution in [2.75, 3.05) is 6.61 Å². The quantitative estimate of drug-likeness (QED) is 0.407. The third-order valence-corrected chi connectivity index (χ3v) is 3.89. The number of hydrogen-bond acceptors (Lipinski definition) is 5. The lowest BCUT2D eigenvalue weighted by atomic mass is 9.67. The number of carbonyl (C=O) groups is 3. The molecule has 3 atom stereocenters. The number of aliphatic hydroxyl groups is 1. The number of esters is 1. The van der Waals surface area contributed by atoms with Gasteiger partial charge < -0.3 is 14.9 Å². The third-order valence-electron chi connectivity index (χ3n) is 3.89. The SMILES string of the molecule is C=CC(=O)C(O)COC(=O)C1CCCCC1(C)C(=O)O.[MgH2]. The van der Waals surface area contributed by atoms with Crippen LogP contribution in [0, 0.1) is 11.3 Å². The van der Waals surface area contributed by atoms with Crippen LogP contribution in [0.25, 0.3) is 0 Å². The van der Waals surface area contributed by atoms with Crippen LogP contribution in [0.2, 0.25) is 0 Å². The summed E-state index contributed by atoms with van der Waals surface area (Å²) in [5.74, 6) is -3.09. The summed E-state index contributed by atoms with van der Waals surface area (Å²) in [5, 5.41) is 18.7. The molecule has 0 radical (unpaired) electrons. The summed E-state index contributed by atoms with van der Waals surface area (Å²) in [6, 6.07) is 0. The van der Waals surface area contributed by atoms with E-state index in [1.54, 1.807) is 0 Å². The summed E-state index contributed by atoms with van der Waals surface area (Å²) in [6.07, 6.45) is 1.86. The second kappa shape index (κ2) is 8.50. The number of carboxylic acids is 1. The lowest BCUT2D eigenvalue weighted by Gasteiger charge is -2.36. The number of ether oxygens (including phenoxy) is 1. The minimum Gasteiger partial charge on any atom is -0.481 e. The first kappa shape index (κ1) is 20.1. The van der Waals surface area contributed by atoms with Gasteiger partial charge in [-0.2, -0.15) is 0 Å². The van der Waals surface area contributed by atoms with E-state index < -0.39 is 41.8 Å². The number of aliphatic carboxylic acids is 1. The van der Waals surface area contributed by atoms with Crippen LogP contribution in [0.5, 0.6) is 0 Å². The zero-order valence-electron chi connectivity index (χ0n) is 11.5. The Morgan fingerprint density at radius 1 is 1.43 bits per heavy atom. The molecule has 0 aromatic rings. The third kappa shape index (κ3) is 4.79. The largest absolute Gasteiger partial charge is 0.481 e. The number of aliphatic hydroxyl groups excluding tert-OH is 1. The molecule has 7 heteroatoms. The van der Waals surface area contributed by atoms with Crippen molar-refractivity contribution in [3.8, 4) is 0 Å². The van der Waals surface area contributed by atoms with Crippen LogP contribution < -0.4 is 0 Å². The Morgan fingerprint density at radius 3 is 2.57 bits per heavy atom. The average molecular weight is 311 g/mol. The summed E-state index contributed by atoms with van der Waals surface area (Å²) in [4.78, 5) is 34.4. The van der Waals surface area contributed by atoms with Crippen LogP contribution >= 0.6 is 0 Å². The van der Waals surface area contributed by atoms with Gasteiger partial charge in [-0.05, 0) is 25.8 Å². The molecule has 1 rings (SSSR count). The molecule has 1 fully saturated rings. The van der Waals surface area contributed by atoms with Crippen LogP contribution in [0.15, 0.2) is 12.7 Å². The van der Waals surface area contributed by atoms with E-state index in [9.17, 15) is 24.6 Å². The summed E-state index contributed by atoms with van der Waals surface area (Å²) in [7, 11) is 0. The van der Waals surface area contributed by atoms with Gasteiger partial charge in [0.1, 0.15) is 6.61 Å². The molecular formula is C14H22MgO6. The van der Waals surface area contributed by atoms with E-state index in [1.807, 2.05) is 0 Å². The highest BCUT2D eigenvalue weighted by Gasteiger charge is 2.47. The first-order chi connectivity index (χ1) is 9.32. The molecule has 1 aliphatic rings. The topological polar surface area (TPSA) is 101 Å². The first-order valence-electron chi connectivity index (χ1n) is 6.57. The van der Waals surface area contributed by atoms with E-state index in [1.165, 1.54) is 6.92 Å². The number of hydrogen-bond donors (Lipinski definition) is 2. The van der Waals surface area contributed by atoms with Gasteiger partial charge in [0, 0.05) is 0 Å². The van der Waals surface area contributed by atoms with E-state index >= 15 is 0 Å². The minimum absolute atomic E-state index is 0. The highest BCUT2D eigenvalue weighted by Crippen LogP contribution is 2.41. The maximum Gasteiger partial charge on any atom is 0.316 e. The fraction of sp³-hybridized carbons (Fsp3) is 0.643. The fourth-order valence-corrected chi connectivity index (χ4v) is 2.45. The van der Waals surface area contributed by atoms with Crippen LogP contribution in [0.4, 0.5) is 0 Å². The van der Waals surface area contributed by atoms with Gasteiger partial charge in [0.2, 0.25) is 0 Å². The molecule has 0 aromatic carbocycles. The Bertz CT molecular complexity index is 422. The number of carboxylic acid groups (broad SMARTS) is 1. The highest BCUT2D eigenvalue weighted by atomic mass is 24.3.